The van der Waals surface area contributed by atoms with Crippen LogP contribution in [0, 0.1) is 17.3 Å². The molecule has 0 aromatic carbocycles. The zero-order valence-electron chi connectivity index (χ0n) is 10.8. The third kappa shape index (κ3) is 1.70. The van der Waals surface area contributed by atoms with E-state index in [0.29, 0.717) is 18.4 Å². The molecule has 0 saturated heterocycles. The summed E-state index contributed by atoms with van der Waals surface area (Å²) in [6.45, 7) is 5.16. The van der Waals surface area contributed by atoms with Crippen LogP contribution in [0.1, 0.15) is 58.8 Å². The topological polar surface area (TPSA) is 46.2 Å². The summed E-state index contributed by atoms with van der Waals surface area (Å²) in [5, 5.41) is 11.2. The minimum atomic E-state index is -0.490. The van der Waals surface area contributed by atoms with Crippen LogP contribution >= 0.6 is 0 Å². The van der Waals surface area contributed by atoms with Crippen molar-refractivity contribution < 1.29 is 5.11 Å². The highest BCUT2D eigenvalue weighted by molar-refractivity contribution is 5.06. The number of hydrogen-bond acceptors (Lipinski definition) is 2. The Morgan fingerprint density at radius 1 is 1.19 bits per heavy atom. The van der Waals surface area contributed by atoms with Gasteiger partial charge in [-0.2, -0.15) is 0 Å². The molecule has 3 atom stereocenters. The van der Waals surface area contributed by atoms with E-state index in [1.807, 2.05) is 0 Å². The van der Waals surface area contributed by atoms with E-state index in [1.54, 1.807) is 0 Å². The minimum absolute atomic E-state index is 0.0289. The molecule has 0 amide bonds. The Morgan fingerprint density at radius 3 is 2.38 bits per heavy atom. The predicted octanol–water partition coefficient (Wildman–Crippen LogP) is 2.69. The number of nitrogens with two attached hydrogens (primary N) is 1. The van der Waals surface area contributed by atoms with E-state index in [0.717, 1.165) is 19.3 Å². The van der Waals surface area contributed by atoms with Crippen molar-refractivity contribution >= 4 is 0 Å². The predicted molar refractivity (Wildman–Crippen MR) is 67.1 cm³/mol. The van der Waals surface area contributed by atoms with Gasteiger partial charge in [0.1, 0.15) is 0 Å². The van der Waals surface area contributed by atoms with Gasteiger partial charge in [0.05, 0.1) is 5.60 Å². The average Bonchev–Trinajstić information content (AvgIpc) is 2.74. The van der Waals surface area contributed by atoms with Crippen LogP contribution in [0.5, 0.6) is 0 Å². The maximum Gasteiger partial charge on any atom is 0.0743 e. The standard InChI is InChI=1S/C14H27NO/c1-11-5-6-12(2)14(16,9-11)13(10-15)7-3-4-8-13/h11-12,16H,3-10,15H2,1-2H3. The lowest BCUT2D eigenvalue weighted by molar-refractivity contribution is -0.148. The molecule has 0 aliphatic heterocycles. The molecule has 16 heavy (non-hydrogen) atoms. The van der Waals surface area contributed by atoms with Gasteiger partial charge in [-0.05, 0) is 37.5 Å². The van der Waals surface area contributed by atoms with Crippen molar-refractivity contribution in [3.05, 3.63) is 0 Å². The molecule has 2 saturated carbocycles. The van der Waals surface area contributed by atoms with Crippen LogP contribution in [0.4, 0.5) is 0 Å². The second-order valence-corrected chi connectivity index (χ2v) is 6.40. The fourth-order valence-corrected chi connectivity index (χ4v) is 4.21. The van der Waals surface area contributed by atoms with Gasteiger partial charge in [-0.3, -0.25) is 0 Å². The van der Waals surface area contributed by atoms with Crippen molar-refractivity contribution in [2.75, 3.05) is 6.54 Å². The van der Waals surface area contributed by atoms with Crippen LogP contribution < -0.4 is 5.73 Å². The van der Waals surface area contributed by atoms with Crippen molar-refractivity contribution in [3.8, 4) is 0 Å². The summed E-state index contributed by atoms with van der Waals surface area (Å²) in [6.07, 6.45) is 8.17. The van der Waals surface area contributed by atoms with Crippen LogP contribution in [0.25, 0.3) is 0 Å². The van der Waals surface area contributed by atoms with Gasteiger partial charge in [0.15, 0.2) is 0 Å². The first kappa shape index (κ1) is 12.4. The molecule has 2 fully saturated rings. The van der Waals surface area contributed by atoms with Gasteiger partial charge < -0.3 is 10.8 Å². The van der Waals surface area contributed by atoms with Gasteiger partial charge in [0.2, 0.25) is 0 Å². The Bertz CT molecular complexity index is 247. The van der Waals surface area contributed by atoms with Crippen LogP contribution in [0.3, 0.4) is 0 Å². The van der Waals surface area contributed by atoms with E-state index < -0.39 is 5.60 Å². The normalized spacial score (nSPS) is 43.5. The molecule has 0 radical (unpaired) electrons. The van der Waals surface area contributed by atoms with E-state index in [1.165, 1.54) is 25.7 Å². The summed E-state index contributed by atoms with van der Waals surface area (Å²) in [6, 6.07) is 0. The lowest BCUT2D eigenvalue weighted by Crippen LogP contribution is -2.57. The molecule has 2 rings (SSSR count). The van der Waals surface area contributed by atoms with Crippen molar-refractivity contribution in [1.29, 1.82) is 0 Å². The number of aliphatic hydroxyl groups is 1. The molecule has 0 heterocycles. The van der Waals surface area contributed by atoms with Crippen molar-refractivity contribution in [3.63, 3.8) is 0 Å². The van der Waals surface area contributed by atoms with Crippen molar-refractivity contribution in [2.45, 2.75) is 64.4 Å². The van der Waals surface area contributed by atoms with Crippen molar-refractivity contribution in [2.24, 2.45) is 23.0 Å². The summed E-state index contributed by atoms with van der Waals surface area (Å²) < 4.78 is 0. The molecule has 2 nitrogen and oxygen atoms in total. The second kappa shape index (κ2) is 4.30. The summed E-state index contributed by atoms with van der Waals surface area (Å²) in [4.78, 5) is 0. The van der Waals surface area contributed by atoms with Crippen LogP contribution in [0.15, 0.2) is 0 Å². The SMILES string of the molecule is CC1CCC(C)C(O)(C2(CN)CCCC2)C1. The Hall–Kier alpha value is -0.0800. The first-order chi connectivity index (χ1) is 7.54. The highest BCUT2D eigenvalue weighted by atomic mass is 16.3. The Balaban J connectivity index is 2.26. The molecule has 3 N–H and O–H groups in total. The van der Waals surface area contributed by atoms with Gasteiger partial charge in [-0.25, -0.2) is 0 Å². The lowest BCUT2D eigenvalue weighted by atomic mass is 9.58. The quantitative estimate of drug-likeness (QED) is 0.759. The molecule has 0 aromatic heterocycles. The maximum absolute atomic E-state index is 11.2. The molecular weight excluding hydrogens is 198 g/mol. The molecular formula is C14H27NO. The molecule has 0 bridgehead atoms. The highest BCUT2D eigenvalue weighted by Crippen LogP contribution is 2.54. The van der Waals surface area contributed by atoms with E-state index in [9.17, 15) is 5.11 Å². The van der Waals surface area contributed by atoms with Crippen molar-refractivity contribution in [1.82, 2.24) is 0 Å². The molecule has 3 unspecified atom stereocenters. The maximum atomic E-state index is 11.2. The zero-order valence-corrected chi connectivity index (χ0v) is 10.8. The molecule has 0 spiro atoms. The molecule has 2 heteroatoms. The highest BCUT2D eigenvalue weighted by Gasteiger charge is 2.54. The van der Waals surface area contributed by atoms with Crippen LogP contribution in [-0.4, -0.2) is 17.3 Å². The fraction of sp³-hybridized carbons (Fsp3) is 1.00. The van der Waals surface area contributed by atoms with Gasteiger partial charge in [-0.15, -0.1) is 0 Å². The summed E-state index contributed by atoms with van der Waals surface area (Å²) >= 11 is 0. The van der Waals surface area contributed by atoms with Gasteiger partial charge in [0, 0.05) is 12.0 Å². The Labute approximate surface area is 99.6 Å². The van der Waals surface area contributed by atoms with Crippen LogP contribution in [0.2, 0.25) is 0 Å². The van der Waals surface area contributed by atoms with E-state index in [4.69, 9.17) is 5.73 Å². The van der Waals surface area contributed by atoms with E-state index in [-0.39, 0.29) is 5.41 Å². The Kier molecular flexibility index (Phi) is 3.33. The van der Waals surface area contributed by atoms with Gasteiger partial charge in [0.25, 0.3) is 0 Å². The van der Waals surface area contributed by atoms with E-state index >= 15 is 0 Å². The first-order valence-electron chi connectivity index (χ1n) is 6.96. The average molecular weight is 225 g/mol. The summed E-state index contributed by atoms with van der Waals surface area (Å²) in [5.74, 6) is 1.08. The monoisotopic (exact) mass is 225 g/mol. The largest absolute Gasteiger partial charge is 0.389 e. The van der Waals surface area contributed by atoms with Gasteiger partial charge >= 0.3 is 0 Å². The fourth-order valence-electron chi connectivity index (χ4n) is 4.21. The van der Waals surface area contributed by atoms with E-state index in [2.05, 4.69) is 13.8 Å². The summed E-state index contributed by atoms with van der Waals surface area (Å²) in [7, 11) is 0. The number of rotatable bonds is 2. The third-order valence-electron chi connectivity index (χ3n) is 5.44. The first-order valence-corrected chi connectivity index (χ1v) is 6.96. The lowest BCUT2D eigenvalue weighted by Gasteiger charge is -2.52. The minimum Gasteiger partial charge on any atom is -0.389 e. The Morgan fingerprint density at radius 2 is 1.81 bits per heavy atom. The smallest absolute Gasteiger partial charge is 0.0743 e. The molecule has 2 aliphatic rings. The molecule has 2 aliphatic carbocycles. The van der Waals surface area contributed by atoms with Crippen LogP contribution in [-0.2, 0) is 0 Å². The molecule has 0 aromatic rings. The summed E-state index contributed by atoms with van der Waals surface area (Å²) in [5.41, 5.74) is 5.57. The zero-order chi connectivity index (χ0) is 11.8. The van der Waals surface area contributed by atoms with Gasteiger partial charge in [-0.1, -0.05) is 33.1 Å². The molecule has 94 valence electrons. The number of hydrogen-bond donors (Lipinski definition) is 2. The third-order valence-corrected chi connectivity index (χ3v) is 5.44. The second-order valence-electron chi connectivity index (χ2n) is 6.40.